The van der Waals surface area contributed by atoms with Crippen LogP contribution in [-0.2, 0) is 26.1 Å². The number of nitrogens with zero attached hydrogens (tertiary/aromatic N) is 3. The highest BCUT2D eigenvalue weighted by molar-refractivity contribution is 7.89. The molecular formula is C30H35N3O6S2. The van der Waals surface area contributed by atoms with E-state index in [4.69, 9.17) is 9.15 Å². The number of furan rings is 1. The van der Waals surface area contributed by atoms with Crippen LogP contribution in [0.2, 0.25) is 0 Å². The standard InChI is InChI=1S/C30H35N3O6S2/c1-6-32(7-2)41(36,37)23-13-10-20(11-14-23)25-15-12-21(39-25)17-26-28(35)33(19-22-9-8-16-38-22)29(40-26)24(18-31)27(34)30(3,4)5/h10-15,17,22H,6-9,16,19H2,1-5H3/b26-17-,29-24+. The van der Waals surface area contributed by atoms with Gasteiger partial charge >= 0.3 is 0 Å². The van der Waals surface area contributed by atoms with Crippen molar-refractivity contribution < 1.29 is 22.4 Å². The largest absolute Gasteiger partial charge is 0.457 e. The number of aromatic nitrogens is 1. The molecule has 1 unspecified atom stereocenters. The number of thiazole rings is 1. The minimum absolute atomic E-state index is 0.0443. The Labute approximate surface area is 244 Å². The maximum Gasteiger partial charge on any atom is 0.269 e. The lowest BCUT2D eigenvalue weighted by Gasteiger charge is -2.18. The van der Waals surface area contributed by atoms with E-state index in [1.807, 2.05) is 6.07 Å². The van der Waals surface area contributed by atoms with Crippen molar-refractivity contribution in [3.63, 3.8) is 0 Å². The fourth-order valence-corrected chi connectivity index (χ4v) is 7.20. The third kappa shape index (κ3) is 6.46. The SMILES string of the molecule is CCN(CC)S(=O)(=O)c1ccc(-c2ccc(/C=c3\s/c(=C(\C#N)C(=O)C(C)(C)C)n(CC4CCCO4)c3=O)o2)cc1. The van der Waals surface area contributed by atoms with Crippen LogP contribution in [0, 0.1) is 16.7 Å². The number of Topliss-reactive ketones (excluding diaryl/α,β-unsaturated/α-hetero) is 1. The second kappa shape index (κ2) is 12.3. The number of carbonyl (C=O) groups is 1. The summed E-state index contributed by atoms with van der Waals surface area (Å²) in [7, 11) is -3.57. The number of ketones is 1. The van der Waals surface area contributed by atoms with E-state index in [1.54, 1.807) is 77.1 Å². The van der Waals surface area contributed by atoms with Gasteiger partial charge in [-0.25, -0.2) is 8.42 Å². The molecule has 0 saturated carbocycles. The Morgan fingerprint density at radius 3 is 2.41 bits per heavy atom. The molecular weight excluding hydrogens is 562 g/mol. The van der Waals surface area contributed by atoms with Gasteiger partial charge in [-0.1, -0.05) is 34.6 Å². The summed E-state index contributed by atoms with van der Waals surface area (Å²) in [6.07, 6.45) is 3.13. The Hall–Kier alpha value is -3.30. The molecule has 1 atom stereocenters. The number of hydrogen-bond acceptors (Lipinski definition) is 8. The Morgan fingerprint density at radius 1 is 1.17 bits per heavy atom. The smallest absolute Gasteiger partial charge is 0.269 e. The molecule has 0 radical (unpaired) electrons. The first-order valence-electron chi connectivity index (χ1n) is 13.6. The fourth-order valence-electron chi connectivity index (χ4n) is 4.65. The van der Waals surface area contributed by atoms with Crippen LogP contribution in [0.5, 0.6) is 0 Å². The molecule has 41 heavy (non-hydrogen) atoms. The molecule has 4 rings (SSSR count). The number of rotatable bonds is 9. The zero-order valence-corrected chi connectivity index (χ0v) is 25.6. The normalized spacial score (nSPS) is 17.2. The lowest BCUT2D eigenvalue weighted by molar-refractivity contribution is -0.120. The molecule has 1 fully saturated rings. The Bertz CT molecular complexity index is 1740. The van der Waals surface area contributed by atoms with Gasteiger partial charge in [0.2, 0.25) is 10.0 Å². The van der Waals surface area contributed by atoms with Crippen LogP contribution >= 0.6 is 11.3 Å². The van der Waals surface area contributed by atoms with E-state index in [2.05, 4.69) is 0 Å². The number of carbonyl (C=O) groups excluding carboxylic acids is 1. The van der Waals surface area contributed by atoms with Gasteiger partial charge in [0, 0.05) is 36.8 Å². The molecule has 11 heteroatoms. The third-order valence-electron chi connectivity index (χ3n) is 6.93. The van der Waals surface area contributed by atoms with Gasteiger partial charge < -0.3 is 9.15 Å². The van der Waals surface area contributed by atoms with E-state index >= 15 is 0 Å². The molecule has 0 aliphatic carbocycles. The Morgan fingerprint density at radius 2 is 1.85 bits per heavy atom. The van der Waals surface area contributed by atoms with Crippen LogP contribution in [0.15, 0.2) is 50.5 Å². The number of benzene rings is 1. The highest BCUT2D eigenvalue weighted by Crippen LogP contribution is 2.25. The van der Waals surface area contributed by atoms with Crippen LogP contribution in [-0.4, -0.2) is 48.9 Å². The average molecular weight is 598 g/mol. The predicted octanol–water partition coefficient (Wildman–Crippen LogP) is 3.50. The van der Waals surface area contributed by atoms with Gasteiger partial charge in [0.25, 0.3) is 5.56 Å². The minimum atomic E-state index is -3.57. The van der Waals surface area contributed by atoms with Gasteiger partial charge in [0.15, 0.2) is 5.78 Å². The molecule has 1 aromatic carbocycles. The Balaban J connectivity index is 1.75. The first-order chi connectivity index (χ1) is 19.4. The first-order valence-corrected chi connectivity index (χ1v) is 15.9. The van der Waals surface area contributed by atoms with Crippen molar-refractivity contribution in [2.75, 3.05) is 19.7 Å². The van der Waals surface area contributed by atoms with Crippen molar-refractivity contribution in [3.05, 3.63) is 61.7 Å². The molecule has 1 aliphatic heterocycles. The zero-order chi connectivity index (χ0) is 29.9. The lowest BCUT2D eigenvalue weighted by Crippen LogP contribution is -2.37. The number of ether oxygens (including phenoxy) is 1. The van der Waals surface area contributed by atoms with Crippen molar-refractivity contribution in [1.82, 2.24) is 8.87 Å². The molecule has 3 aromatic rings. The van der Waals surface area contributed by atoms with Crippen molar-refractivity contribution in [1.29, 1.82) is 5.26 Å². The van der Waals surface area contributed by atoms with E-state index in [-0.39, 0.29) is 34.5 Å². The topological polar surface area (TPSA) is 123 Å². The van der Waals surface area contributed by atoms with Crippen LogP contribution in [0.4, 0.5) is 0 Å². The van der Waals surface area contributed by atoms with Crippen LogP contribution < -0.4 is 14.8 Å². The monoisotopic (exact) mass is 597 g/mol. The zero-order valence-electron chi connectivity index (χ0n) is 24.0. The van der Waals surface area contributed by atoms with Crippen LogP contribution in [0.1, 0.15) is 53.2 Å². The maximum absolute atomic E-state index is 13.5. The minimum Gasteiger partial charge on any atom is -0.457 e. The summed E-state index contributed by atoms with van der Waals surface area (Å²) >= 11 is 1.09. The second-order valence-electron chi connectivity index (χ2n) is 10.8. The molecule has 0 bridgehead atoms. The summed E-state index contributed by atoms with van der Waals surface area (Å²) in [6.45, 7) is 10.5. The lowest BCUT2D eigenvalue weighted by atomic mass is 9.87. The molecule has 3 heterocycles. The fraction of sp³-hybridized carbons (Fsp3) is 0.433. The van der Waals surface area contributed by atoms with Crippen molar-refractivity contribution in [2.45, 2.75) is 65.0 Å². The van der Waals surface area contributed by atoms with Gasteiger partial charge in [-0.2, -0.15) is 9.57 Å². The first kappa shape index (κ1) is 30.7. The van der Waals surface area contributed by atoms with Crippen molar-refractivity contribution >= 4 is 38.8 Å². The van der Waals surface area contributed by atoms with Gasteiger partial charge in [-0.3, -0.25) is 14.2 Å². The average Bonchev–Trinajstić information content (AvgIpc) is 3.68. The summed E-state index contributed by atoms with van der Waals surface area (Å²) in [5.41, 5.74) is -0.475. The van der Waals surface area contributed by atoms with Gasteiger partial charge in [-0.05, 0) is 49.2 Å². The summed E-state index contributed by atoms with van der Waals surface area (Å²) < 4.78 is 40.9. The highest BCUT2D eigenvalue weighted by atomic mass is 32.2. The van der Waals surface area contributed by atoms with E-state index in [0.717, 1.165) is 24.2 Å². The summed E-state index contributed by atoms with van der Waals surface area (Å²) in [5, 5.41) is 9.93. The highest BCUT2D eigenvalue weighted by Gasteiger charge is 2.28. The summed E-state index contributed by atoms with van der Waals surface area (Å²) in [4.78, 5) is 26.9. The quantitative estimate of drug-likeness (QED) is 0.370. The molecule has 0 N–H and O–H groups in total. The maximum atomic E-state index is 13.5. The third-order valence-corrected chi connectivity index (χ3v) is 10.1. The molecule has 9 nitrogen and oxygen atoms in total. The number of sulfonamides is 1. The molecule has 2 aromatic heterocycles. The summed E-state index contributed by atoms with van der Waals surface area (Å²) in [5.74, 6) is 0.585. The molecule has 0 spiro atoms. The van der Waals surface area contributed by atoms with Crippen LogP contribution in [0.3, 0.4) is 0 Å². The Kier molecular flexibility index (Phi) is 9.19. The van der Waals surface area contributed by atoms with Gasteiger partial charge in [0.05, 0.1) is 22.1 Å². The van der Waals surface area contributed by atoms with Gasteiger partial charge in [-0.15, -0.1) is 11.3 Å². The van der Waals surface area contributed by atoms with E-state index in [0.29, 0.717) is 46.0 Å². The number of hydrogen-bond donors (Lipinski definition) is 0. The molecule has 1 aliphatic rings. The molecule has 218 valence electrons. The predicted molar refractivity (Wildman–Crippen MR) is 158 cm³/mol. The van der Waals surface area contributed by atoms with Crippen LogP contribution in [0.25, 0.3) is 23.0 Å². The van der Waals surface area contributed by atoms with Crippen molar-refractivity contribution in [2.24, 2.45) is 5.41 Å². The number of nitriles is 1. The van der Waals surface area contributed by atoms with E-state index < -0.39 is 15.4 Å². The van der Waals surface area contributed by atoms with Gasteiger partial charge in [0.1, 0.15) is 27.8 Å². The summed E-state index contributed by atoms with van der Waals surface area (Å²) in [6, 6.07) is 12.0. The van der Waals surface area contributed by atoms with E-state index in [1.165, 1.54) is 8.87 Å². The van der Waals surface area contributed by atoms with E-state index in [9.17, 15) is 23.3 Å². The second-order valence-corrected chi connectivity index (χ2v) is 13.8. The molecule has 1 saturated heterocycles. The molecule has 0 amide bonds. The van der Waals surface area contributed by atoms with Crippen molar-refractivity contribution in [3.8, 4) is 17.4 Å².